The first-order chi connectivity index (χ1) is 10.9. The summed E-state index contributed by atoms with van der Waals surface area (Å²) >= 11 is 0. The van der Waals surface area contributed by atoms with Crippen LogP contribution in [0.15, 0.2) is 30.3 Å². The number of nitrogens with zero attached hydrogens (tertiary/aromatic N) is 1. The SMILES string of the molecule is C[Si](C)(C)COC(=O)N1CCCC1C(=O)OCc1ccccc1. The molecule has 1 amide bonds. The smallest absolute Gasteiger partial charge is 0.410 e. The first kappa shape index (κ1) is 17.5. The molecule has 1 aliphatic rings. The lowest BCUT2D eigenvalue weighted by atomic mass is 10.2. The van der Waals surface area contributed by atoms with Gasteiger partial charge in [-0.15, -0.1) is 0 Å². The first-order valence-corrected chi connectivity index (χ1v) is 11.7. The molecule has 0 aliphatic carbocycles. The summed E-state index contributed by atoms with van der Waals surface area (Å²) in [7, 11) is -1.47. The number of benzene rings is 1. The van der Waals surface area contributed by atoms with Crippen LogP contribution >= 0.6 is 0 Å². The summed E-state index contributed by atoms with van der Waals surface area (Å²) in [6.07, 6.45) is 1.50. The Bertz CT molecular complexity index is 541. The van der Waals surface area contributed by atoms with Gasteiger partial charge in [0, 0.05) is 6.54 Å². The molecule has 1 saturated heterocycles. The van der Waals surface area contributed by atoms with E-state index in [1.807, 2.05) is 30.3 Å². The van der Waals surface area contributed by atoms with Crippen molar-refractivity contribution < 1.29 is 19.1 Å². The van der Waals surface area contributed by atoms with Crippen LogP contribution in [-0.4, -0.2) is 43.9 Å². The van der Waals surface area contributed by atoms with Gasteiger partial charge in [-0.2, -0.15) is 0 Å². The summed E-state index contributed by atoms with van der Waals surface area (Å²) in [6, 6.07) is 9.01. The number of likely N-dealkylation sites (tertiary alicyclic amines) is 1. The van der Waals surface area contributed by atoms with Crippen LogP contribution in [0, 0.1) is 0 Å². The molecular formula is C17H25NO4Si. The van der Waals surface area contributed by atoms with E-state index in [9.17, 15) is 9.59 Å². The van der Waals surface area contributed by atoms with E-state index in [1.165, 1.54) is 4.90 Å². The topological polar surface area (TPSA) is 55.8 Å². The van der Waals surface area contributed by atoms with Gasteiger partial charge >= 0.3 is 12.1 Å². The van der Waals surface area contributed by atoms with Gasteiger partial charge in [0.2, 0.25) is 0 Å². The van der Waals surface area contributed by atoms with Crippen molar-refractivity contribution in [3.63, 3.8) is 0 Å². The van der Waals surface area contributed by atoms with Crippen molar-refractivity contribution in [1.29, 1.82) is 0 Å². The summed E-state index contributed by atoms with van der Waals surface area (Å²) < 4.78 is 10.7. The standard InChI is InChI=1S/C17H25NO4Si/c1-23(2,3)13-22-17(20)18-11-7-10-15(18)16(19)21-12-14-8-5-4-6-9-14/h4-6,8-9,15H,7,10-13H2,1-3H3. The van der Waals surface area contributed by atoms with Crippen LogP contribution < -0.4 is 0 Å². The monoisotopic (exact) mass is 335 g/mol. The molecule has 1 aromatic rings. The third-order valence-corrected chi connectivity index (χ3v) is 4.62. The molecule has 0 bridgehead atoms. The number of hydrogen-bond acceptors (Lipinski definition) is 4. The average Bonchev–Trinajstić information content (AvgIpc) is 3.00. The highest BCUT2D eigenvalue weighted by atomic mass is 28.3. The molecule has 6 heteroatoms. The van der Waals surface area contributed by atoms with E-state index < -0.39 is 20.2 Å². The third kappa shape index (κ3) is 5.39. The van der Waals surface area contributed by atoms with E-state index >= 15 is 0 Å². The Morgan fingerprint density at radius 3 is 2.52 bits per heavy atom. The number of esters is 1. The Morgan fingerprint density at radius 2 is 1.87 bits per heavy atom. The maximum atomic E-state index is 12.3. The van der Waals surface area contributed by atoms with Crippen LogP contribution in [0.5, 0.6) is 0 Å². The predicted molar refractivity (Wildman–Crippen MR) is 90.7 cm³/mol. The molecular weight excluding hydrogens is 310 g/mol. The molecule has 23 heavy (non-hydrogen) atoms. The second kappa shape index (κ2) is 7.63. The van der Waals surface area contributed by atoms with Crippen LogP contribution in [0.2, 0.25) is 19.6 Å². The second-order valence-corrected chi connectivity index (χ2v) is 12.5. The minimum absolute atomic E-state index is 0.230. The van der Waals surface area contributed by atoms with Gasteiger partial charge in [0.25, 0.3) is 0 Å². The zero-order chi connectivity index (χ0) is 16.9. The van der Waals surface area contributed by atoms with Gasteiger partial charge in [-0.05, 0) is 18.4 Å². The summed E-state index contributed by atoms with van der Waals surface area (Å²) in [5.41, 5.74) is 0.937. The quantitative estimate of drug-likeness (QED) is 0.612. The van der Waals surface area contributed by atoms with Gasteiger partial charge in [-0.1, -0.05) is 50.0 Å². The molecule has 0 N–H and O–H groups in total. The zero-order valence-corrected chi connectivity index (χ0v) is 15.1. The molecule has 1 heterocycles. The van der Waals surface area contributed by atoms with E-state index in [1.54, 1.807) is 0 Å². The van der Waals surface area contributed by atoms with E-state index in [-0.39, 0.29) is 12.6 Å². The Hall–Kier alpha value is -1.82. The van der Waals surface area contributed by atoms with E-state index in [2.05, 4.69) is 19.6 Å². The van der Waals surface area contributed by atoms with Crippen molar-refractivity contribution in [2.24, 2.45) is 0 Å². The second-order valence-electron chi connectivity index (χ2n) is 7.06. The van der Waals surface area contributed by atoms with Crippen LogP contribution in [-0.2, 0) is 20.9 Å². The largest absolute Gasteiger partial charge is 0.459 e. The Labute approximate surface area is 138 Å². The van der Waals surface area contributed by atoms with Gasteiger partial charge < -0.3 is 9.47 Å². The number of rotatable bonds is 5. The average molecular weight is 335 g/mol. The van der Waals surface area contributed by atoms with Crippen LogP contribution in [0.25, 0.3) is 0 Å². The molecule has 5 nitrogen and oxygen atoms in total. The maximum Gasteiger partial charge on any atom is 0.410 e. The fourth-order valence-corrected chi connectivity index (χ4v) is 2.97. The summed E-state index contributed by atoms with van der Waals surface area (Å²) in [6.45, 7) is 7.19. The summed E-state index contributed by atoms with van der Waals surface area (Å²) in [5, 5.41) is 0. The lowest BCUT2D eigenvalue weighted by Crippen LogP contribution is -2.43. The fourth-order valence-electron chi connectivity index (χ4n) is 2.42. The summed E-state index contributed by atoms with van der Waals surface area (Å²) in [5.74, 6) is -0.351. The van der Waals surface area contributed by atoms with Crippen molar-refractivity contribution in [2.75, 3.05) is 12.8 Å². The van der Waals surface area contributed by atoms with Crippen LogP contribution in [0.4, 0.5) is 4.79 Å². The molecule has 1 unspecified atom stereocenters. The van der Waals surface area contributed by atoms with Crippen molar-refractivity contribution >= 4 is 20.1 Å². The fraction of sp³-hybridized carbons (Fsp3) is 0.529. The van der Waals surface area contributed by atoms with Crippen molar-refractivity contribution in [3.05, 3.63) is 35.9 Å². The normalized spacial score (nSPS) is 17.9. The van der Waals surface area contributed by atoms with Crippen LogP contribution in [0.1, 0.15) is 18.4 Å². The minimum Gasteiger partial charge on any atom is -0.459 e. The minimum atomic E-state index is -1.47. The van der Waals surface area contributed by atoms with E-state index in [0.717, 1.165) is 12.0 Å². The lowest BCUT2D eigenvalue weighted by Gasteiger charge is -2.24. The molecule has 1 fully saturated rings. The molecule has 1 aliphatic heterocycles. The number of amides is 1. The highest BCUT2D eigenvalue weighted by molar-refractivity contribution is 6.76. The number of ether oxygens (including phenoxy) is 2. The molecule has 0 radical (unpaired) electrons. The molecule has 1 aromatic carbocycles. The Balaban J connectivity index is 1.87. The number of carbonyl (C=O) groups is 2. The predicted octanol–water partition coefficient (Wildman–Crippen LogP) is 3.21. The van der Waals surface area contributed by atoms with E-state index in [0.29, 0.717) is 19.2 Å². The Kier molecular flexibility index (Phi) is 5.82. The van der Waals surface area contributed by atoms with Gasteiger partial charge in [0.1, 0.15) is 12.6 Å². The highest BCUT2D eigenvalue weighted by Gasteiger charge is 2.36. The molecule has 0 saturated carbocycles. The molecule has 126 valence electrons. The lowest BCUT2D eigenvalue weighted by molar-refractivity contribution is -0.149. The first-order valence-electron chi connectivity index (χ1n) is 8.01. The van der Waals surface area contributed by atoms with Gasteiger partial charge in [0.15, 0.2) is 0 Å². The van der Waals surface area contributed by atoms with Crippen LogP contribution in [0.3, 0.4) is 0 Å². The number of carbonyl (C=O) groups excluding carboxylic acids is 2. The van der Waals surface area contributed by atoms with Crippen molar-refractivity contribution in [3.8, 4) is 0 Å². The molecule has 0 aromatic heterocycles. The van der Waals surface area contributed by atoms with Crippen molar-refractivity contribution in [1.82, 2.24) is 4.90 Å². The molecule has 0 spiro atoms. The maximum absolute atomic E-state index is 12.3. The van der Waals surface area contributed by atoms with Gasteiger partial charge in [-0.25, -0.2) is 9.59 Å². The van der Waals surface area contributed by atoms with Gasteiger partial charge in [-0.3, -0.25) is 4.90 Å². The molecule has 1 atom stereocenters. The Morgan fingerprint density at radius 1 is 1.17 bits per heavy atom. The zero-order valence-electron chi connectivity index (χ0n) is 14.1. The third-order valence-electron chi connectivity index (χ3n) is 3.61. The molecule has 2 rings (SSSR count). The summed E-state index contributed by atoms with van der Waals surface area (Å²) in [4.78, 5) is 26.0. The van der Waals surface area contributed by atoms with Crippen molar-refractivity contribution in [2.45, 2.75) is 45.1 Å². The van der Waals surface area contributed by atoms with E-state index in [4.69, 9.17) is 9.47 Å². The van der Waals surface area contributed by atoms with Gasteiger partial charge in [0.05, 0.1) is 14.3 Å². The highest BCUT2D eigenvalue weighted by Crippen LogP contribution is 2.20. The number of hydrogen-bond donors (Lipinski definition) is 0.